The normalized spacial score (nSPS) is 11.6. The van der Waals surface area contributed by atoms with E-state index in [0.29, 0.717) is 24.5 Å². The van der Waals surface area contributed by atoms with Gasteiger partial charge in [-0.05, 0) is 43.2 Å². The number of hydrogen-bond donors (Lipinski definition) is 1. The number of hydrogen-bond acceptors (Lipinski definition) is 6. The number of aromatic nitrogens is 4. The third-order valence-corrected chi connectivity index (χ3v) is 4.01. The molecule has 0 spiro atoms. The highest BCUT2D eigenvalue weighted by Gasteiger charge is 2.22. The second kappa shape index (κ2) is 8.79. The van der Waals surface area contributed by atoms with Crippen molar-refractivity contribution in [1.29, 1.82) is 0 Å². The van der Waals surface area contributed by atoms with Crippen LogP contribution in [0.2, 0.25) is 0 Å². The Morgan fingerprint density at radius 2 is 1.96 bits per heavy atom. The molecule has 1 heterocycles. The van der Waals surface area contributed by atoms with Gasteiger partial charge in [-0.15, -0.1) is 0 Å². The van der Waals surface area contributed by atoms with Crippen LogP contribution in [0.4, 0.5) is 5.69 Å². The highest BCUT2D eigenvalue weighted by atomic mass is 16.5. The molecule has 1 atom stereocenters. The molecule has 1 amide bonds. The van der Waals surface area contributed by atoms with Crippen molar-refractivity contribution in [2.24, 2.45) is 0 Å². The fourth-order valence-electron chi connectivity index (χ4n) is 2.66. The molecule has 3 aromatic rings. The summed E-state index contributed by atoms with van der Waals surface area (Å²) in [4.78, 5) is 13.0. The third-order valence-electron chi connectivity index (χ3n) is 4.01. The number of ether oxygens (including phenoxy) is 2. The number of amides is 1. The minimum Gasteiger partial charge on any atom is -0.497 e. The number of nitrogens with zero attached hydrogens (tertiary/aromatic N) is 4. The van der Waals surface area contributed by atoms with Gasteiger partial charge in [0.1, 0.15) is 11.5 Å². The molecule has 1 N–H and O–H groups in total. The summed E-state index contributed by atoms with van der Waals surface area (Å²) in [5.74, 6) is 0.738. The first kappa shape index (κ1) is 18.4. The van der Waals surface area contributed by atoms with Crippen LogP contribution in [0.25, 0.3) is 0 Å². The molecule has 27 heavy (non-hydrogen) atoms. The number of tetrazole rings is 1. The largest absolute Gasteiger partial charge is 0.497 e. The van der Waals surface area contributed by atoms with E-state index in [1.807, 2.05) is 43.3 Å². The topological polar surface area (TPSA) is 100 Å². The van der Waals surface area contributed by atoms with Crippen LogP contribution in [0.5, 0.6) is 11.5 Å². The lowest BCUT2D eigenvalue weighted by Crippen LogP contribution is -2.25. The van der Waals surface area contributed by atoms with Crippen LogP contribution in [0.1, 0.15) is 24.2 Å². The molecule has 1 aromatic heterocycles. The van der Waals surface area contributed by atoms with Crippen LogP contribution in [0.15, 0.2) is 48.5 Å². The van der Waals surface area contributed by atoms with Crippen molar-refractivity contribution < 1.29 is 14.3 Å². The summed E-state index contributed by atoms with van der Waals surface area (Å²) in [5.41, 5.74) is 1.54. The van der Waals surface area contributed by atoms with Crippen LogP contribution in [-0.2, 0) is 11.2 Å². The molecule has 8 heteroatoms. The Balaban J connectivity index is 1.81. The molecule has 0 saturated heterocycles. The van der Waals surface area contributed by atoms with Crippen LogP contribution in [0.3, 0.4) is 0 Å². The summed E-state index contributed by atoms with van der Waals surface area (Å²) in [6.45, 7) is 2.39. The van der Waals surface area contributed by atoms with E-state index in [0.717, 1.165) is 11.3 Å². The molecule has 0 aliphatic carbocycles. The highest BCUT2D eigenvalue weighted by Crippen LogP contribution is 2.26. The molecule has 8 nitrogen and oxygen atoms in total. The van der Waals surface area contributed by atoms with E-state index >= 15 is 0 Å². The average molecular weight is 366 g/mol. The number of rotatable bonds is 8. The lowest BCUT2D eigenvalue weighted by atomic mass is 9.97. The van der Waals surface area contributed by atoms with E-state index in [4.69, 9.17) is 9.47 Å². The van der Waals surface area contributed by atoms with Gasteiger partial charge in [0.25, 0.3) is 0 Å². The average Bonchev–Trinajstić information content (AvgIpc) is 3.22. The van der Waals surface area contributed by atoms with Crippen molar-refractivity contribution >= 4 is 11.6 Å². The van der Waals surface area contributed by atoms with E-state index in [1.165, 1.54) is 0 Å². The molecule has 3 rings (SSSR count). The molecule has 0 aliphatic rings. The van der Waals surface area contributed by atoms with Crippen molar-refractivity contribution in [3.05, 3.63) is 59.9 Å². The van der Waals surface area contributed by atoms with Crippen molar-refractivity contribution in [3.8, 4) is 11.5 Å². The maximum atomic E-state index is 13.0. The van der Waals surface area contributed by atoms with E-state index in [-0.39, 0.29) is 11.7 Å². The molecule has 0 saturated carbocycles. The Morgan fingerprint density at radius 3 is 2.63 bits per heavy atom. The SMILES string of the molecule is CCOc1ccccc1NC(=O)[C@H](Cc1ccc(OC)cc1)c1nnn[n-]1. The molecular weight excluding hydrogens is 346 g/mol. The zero-order valence-electron chi connectivity index (χ0n) is 15.1. The number of benzene rings is 2. The quantitative estimate of drug-likeness (QED) is 0.652. The molecule has 0 fully saturated rings. The first-order valence-corrected chi connectivity index (χ1v) is 8.55. The molecule has 2 aromatic carbocycles. The number of para-hydroxylation sites is 2. The molecule has 140 valence electrons. The minimum atomic E-state index is -0.636. The summed E-state index contributed by atoms with van der Waals surface area (Å²) in [5, 5.41) is 17.7. The summed E-state index contributed by atoms with van der Waals surface area (Å²) >= 11 is 0. The summed E-state index contributed by atoms with van der Waals surface area (Å²) in [6.07, 6.45) is 0.403. The first-order valence-electron chi connectivity index (χ1n) is 8.55. The van der Waals surface area contributed by atoms with E-state index in [2.05, 4.69) is 25.9 Å². The third kappa shape index (κ3) is 4.60. The standard InChI is InChI=1S/C19H21N5O3/c1-3-27-17-7-5-4-6-16(17)20-19(25)15(18-21-23-24-22-18)12-13-8-10-14(26-2)11-9-13/h4-11,15H,3,12H2,1-2H3,(H2,20,21,22,23,24,25)/p-1/t15-/m1/s1. The van der Waals surface area contributed by atoms with E-state index in [1.54, 1.807) is 19.2 Å². The van der Waals surface area contributed by atoms with Crippen molar-refractivity contribution in [2.45, 2.75) is 19.3 Å². The minimum absolute atomic E-state index is 0.257. The fraction of sp³-hybridized carbons (Fsp3) is 0.263. The number of anilines is 1. The van der Waals surface area contributed by atoms with Gasteiger partial charge in [0.15, 0.2) is 0 Å². The Bertz CT molecular complexity index is 865. The van der Waals surface area contributed by atoms with Gasteiger partial charge in [-0.2, -0.15) is 5.21 Å². The van der Waals surface area contributed by atoms with Gasteiger partial charge in [-0.1, -0.05) is 24.3 Å². The predicted molar refractivity (Wildman–Crippen MR) is 98.8 cm³/mol. The second-order valence-corrected chi connectivity index (χ2v) is 5.76. The lowest BCUT2D eigenvalue weighted by molar-refractivity contribution is -0.117. The number of carbonyl (C=O) groups is 1. The molecule has 0 unspecified atom stereocenters. The Kier molecular flexibility index (Phi) is 5.98. The van der Waals surface area contributed by atoms with Gasteiger partial charge in [-0.3, -0.25) is 15.1 Å². The zero-order chi connectivity index (χ0) is 19.1. The predicted octanol–water partition coefficient (Wildman–Crippen LogP) is 2.20. The second-order valence-electron chi connectivity index (χ2n) is 5.76. The van der Waals surface area contributed by atoms with Crippen LogP contribution < -0.4 is 19.9 Å². The Labute approximate surface area is 156 Å². The molecule has 0 aliphatic heterocycles. The lowest BCUT2D eigenvalue weighted by Gasteiger charge is -2.18. The van der Waals surface area contributed by atoms with Gasteiger partial charge in [0.2, 0.25) is 5.91 Å². The maximum absolute atomic E-state index is 13.0. The number of nitrogens with one attached hydrogen (secondary N) is 1. The van der Waals surface area contributed by atoms with Crippen LogP contribution >= 0.6 is 0 Å². The first-order chi connectivity index (χ1) is 13.2. The summed E-state index contributed by atoms with van der Waals surface area (Å²) in [6, 6.07) is 14.8. The summed E-state index contributed by atoms with van der Waals surface area (Å²) < 4.78 is 10.7. The fourth-order valence-corrected chi connectivity index (χ4v) is 2.66. The Morgan fingerprint density at radius 1 is 1.19 bits per heavy atom. The van der Waals surface area contributed by atoms with E-state index in [9.17, 15) is 4.79 Å². The molecule has 0 bridgehead atoms. The van der Waals surface area contributed by atoms with Crippen molar-refractivity contribution in [3.63, 3.8) is 0 Å². The summed E-state index contributed by atoms with van der Waals surface area (Å²) in [7, 11) is 1.61. The van der Waals surface area contributed by atoms with Gasteiger partial charge in [-0.25, -0.2) is 0 Å². The van der Waals surface area contributed by atoms with Gasteiger partial charge < -0.3 is 19.9 Å². The number of methoxy groups -OCH3 is 1. The van der Waals surface area contributed by atoms with Crippen LogP contribution in [-0.4, -0.2) is 35.1 Å². The van der Waals surface area contributed by atoms with Gasteiger partial charge in [0, 0.05) is 5.82 Å². The van der Waals surface area contributed by atoms with Gasteiger partial charge >= 0.3 is 0 Å². The smallest absolute Gasteiger partial charge is 0.232 e. The maximum Gasteiger partial charge on any atom is 0.232 e. The van der Waals surface area contributed by atoms with Crippen molar-refractivity contribution in [1.82, 2.24) is 20.6 Å². The van der Waals surface area contributed by atoms with Gasteiger partial charge in [0.05, 0.1) is 25.3 Å². The number of carbonyl (C=O) groups excluding carboxylic acids is 1. The van der Waals surface area contributed by atoms with Crippen molar-refractivity contribution in [2.75, 3.05) is 19.0 Å². The highest BCUT2D eigenvalue weighted by molar-refractivity contribution is 5.96. The molecular formula is C19H20N5O3-. The van der Waals surface area contributed by atoms with E-state index < -0.39 is 5.92 Å². The monoisotopic (exact) mass is 366 g/mol. The Hall–Kier alpha value is -3.42. The zero-order valence-corrected chi connectivity index (χ0v) is 15.1. The van der Waals surface area contributed by atoms with Crippen LogP contribution in [0, 0.1) is 0 Å². The molecule has 0 radical (unpaired) electrons.